The molecule has 6 rings (SSSR count). The summed E-state index contributed by atoms with van der Waals surface area (Å²) in [5.74, 6) is -0.944. The Bertz CT molecular complexity index is 1480. The molecule has 2 aromatic carbocycles. The fraction of sp³-hybridized carbons (Fsp3) is 0.333. The lowest BCUT2D eigenvalue weighted by Gasteiger charge is -2.30. The van der Waals surface area contributed by atoms with Crippen LogP contribution in [-0.2, 0) is 19.1 Å². The molecule has 3 amide bonds. The molecule has 2 saturated heterocycles. The lowest BCUT2D eigenvalue weighted by atomic mass is 9.83. The highest BCUT2D eigenvalue weighted by atomic mass is 32.2. The molecule has 1 aromatic heterocycles. The second kappa shape index (κ2) is 10.5. The van der Waals surface area contributed by atoms with E-state index in [0.29, 0.717) is 53.4 Å². The molecule has 0 radical (unpaired) electrons. The maximum absolute atomic E-state index is 13.9. The number of thioether (sulfide) groups is 1. The van der Waals surface area contributed by atoms with Gasteiger partial charge in [-0.25, -0.2) is 4.90 Å². The molecule has 202 valence electrons. The third-order valence-corrected chi connectivity index (χ3v) is 9.50. The number of fused-ring (bicyclic) bond motifs is 2. The number of carbonyl (C=O) groups is 3. The van der Waals surface area contributed by atoms with Crippen LogP contribution in [0.15, 0.2) is 58.4 Å². The number of hydrogen-bond acceptors (Lipinski definition) is 9. The number of hydrogen-bond donors (Lipinski definition) is 1. The number of amides is 3. The average Bonchev–Trinajstić information content (AvgIpc) is 3.46. The summed E-state index contributed by atoms with van der Waals surface area (Å²) in [6.07, 6.45) is 0. The maximum atomic E-state index is 13.9. The Morgan fingerprint density at radius 3 is 2.56 bits per heavy atom. The topological polar surface area (TPSA) is 118 Å². The number of aromatic nitrogens is 1. The van der Waals surface area contributed by atoms with Gasteiger partial charge in [0.1, 0.15) is 16.7 Å². The molecule has 2 fully saturated rings. The highest BCUT2D eigenvalue weighted by molar-refractivity contribution is 8.00. The van der Waals surface area contributed by atoms with Crippen molar-refractivity contribution in [2.45, 2.75) is 16.2 Å². The van der Waals surface area contributed by atoms with Gasteiger partial charge in [-0.15, -0.1) is 0 Å². The number of methoxy groups -OCH3 is 1. The standard InChI is InChI=1S/C27H25N3O7S2/c1-35-17-7-5-16(6-8-17)30-25(32)21-20(22-24(28-27(34)39-22)38-23(21)26(30)33)15-3-2-4-18(13-15)37-14-19(31)29-9-11-36-12-10-29/h2-8,13,20-21,23H,9-12,14H2,1H3,(H,28,34). The van der Waals surface area contributed by atoms with Crippen molar-refractivity contribution in [3.8, 4) is 11.5 Å². The van der Waals surface area contributed by atoms with E-state index in [-0.39, 0.29) is 29.2 Å². The van der Waals surface area contributed by atoms with Crippen LogP contribution in [0.2, 0.25) is 0 Å². The SMILES string of the molecule is COc1ccc(N2C(=O)C3Sc4[nH]c(=O)sc4C(c4cccc(OCC(=O)N5CCOCC5)c4)C3C2=O)cc1. The average molecular weight is 568 g/mol. The van der Waals surface area contributed by atoms with Crippen LogP contribution in [0.4, 0.5) is 5.69 Å². The van der Waals surface area contributed by atoms with E-state index < -0.39 is 17.1 Å². The van der Waals surface area contributed by atoms with Crippen molar-refractivity contribution in [3.63, 3.8) is 0 Å². The summed E-state index contributed by atoms with van der Waals surface area (Å²) in [6.45, 7) is 1.95. The van der Waals surface area contributed by atoms with Gasteiger partial charge in [0.05, 0.1) is 37.0 Å². The number of nitrogens with zero attached hydrogens (tertiary/aromatic N) is 2. The molecule has 3 aliphatic heterocycles. The summed E-state index contributed by atoms with van der Waals surface area (Å²) < 4.78 is 16.4. The van der Waals surface area contributed by atoms with Gasteiger partial charge in [0.15, 0.2) is 6.61 Å². The minimum absolute atomic E-state index is 0.124. The quantitative estimate of drug-likeness (QED) is 0.452. The summed E-state index contributed by atoms with van der Waals surface area (Å²) in [5.41, 5.74) is 1.20. The molecule has 1 N–H and O–H groups in total. The second-order valence-electron chi connectivity index (χ2n) is 9.31. The Morgan fingerprint density at radius 2 is 1.82 bits per heavy atom. The van der Waals surface area contributed by atoms with Crippen molar-refractivity contribution in [2.24, 2.45) is 5.92 Å². The maximum Gasteiger partial charge on any atom is 0.305 e. The van der Waals surface area contributed by atoms with Crippen LogP contribution >= 0.6 is 23.1 Å². The van der Waals surface area contributed by atoms with Crippen molar-refractivity contribution in [1.29, 1.82) is 0 Å². The van der Waals surface area contributed by atoms with Gasteiger partial charge >= 0.3 is 4.87 Å². The fourth-order valence-corrected chi connectivity index (χ4v) is 7.72. The van der Waals surface area contributed by atoms with E-state index in [1.54, 1.807) is 54.5 Å². The number of ether oxygens (including phenoxy) is 3. The number of benzene rings is 2. The van der Waals surface area contributed by atoms with Crippen LogP contribution in [0, 0.1) is 5.92 Å². The molecule has 12 heteroatoms. The molecule has 0 saturated carbocycles. The number of imide groups is 1. The summed E-state index contributed by atoms with van der Waals surface area (Å²) in [5, 5.41) is -0.0994. The smallest absolute Gasteiger partial charge is 0.305 e. The van der Waals surface area contributed by atoms with Crippen molar-refractivity contribution in [1.82, 2.24) is 9.88 Å². The molecule has 3 aromatic rings. The van der Waals surface area contributed by atoms with Crippen molar-refractivity contribution < 1.29 is 28.6 Å². The minimum atomic E-state index is -0.714. The Morgan fingerprint density at radius 1 is 1.05 bits per heavy atom. The summed E-state index contributed by atoms with van der Waals surface area (Å²) >= 11 is 2.27. The Kier molecular flexibility index (Phi) is 6.92. The van der Waals surface area contributed by atoms with Crippen molar-refractivity contribution in [3.05, 3.63) is 68.6 Å². The van der Waals surface area contributed by atoms with Crippen LogP contribution < -0.4 is 19.2 Å². The molecule has 4 heterocycles. The number of morpholine rings is 1. The third kappa shape index (κ3) is 4.72. The predicted molar refractivity (Wildman–Crippen MR) is 145 cm³/mol. The number of nitrogens with one attached hydrogen (secondary N) is 1. The zero-order valence-electron chi connectivity index (χ0n) is 21.0. The number of anilines is 1. The van der Waals surface area contributed by atoms with Crippen LogP contribution in [0.25, 0.3) is 0 Å². The minimum Gasteiger partial charge on any atom is -0.497 e. The van der Waals surface area contributed by atoms with E-state index >= 15 is 0 Å². The first-order valence-electron chi connectivity index (χ1n) is 12.4. The molecule has 10 nitrogen and oxygen atoms in total. The predicted octanol–water partition coefficient (Wildman–Crippen LogP) is 2.48. The molecule has 3 aliphatic rings. The Hall–Kier alpha value is -3.61. The molecule has 0 aliphatic carbocycles. The molecular formula is C27H25N3O7S2. The van der Waals surface area contributed by atoms with E-state index in [1.165, 1.54) is 16.7 Å². The Labute approximate surface area is 231 Å². The zero-order valence-corrected chi connectivity index (χ0v) is 22.6. The number of rotatable bonds is 6. The van der Waals surface area contributed by atoms with Gasteiger partial charge in [-0.3, -0.25) is 19.2 Å². The number of H-pyrrole nitrogens is 1. The van der Waals surface area contributed by atoms with Crippen molar-refractivity contribution >= 4 is 46.5 Å². The van der Waals surface area contributed by atoms with Crippen LogP contribution in [0.5, 0.6) is 11.5 Å². The third-order valence-electron chi connectivity index (χ3n) is 7.10. The highest BCUT2D eigenvalue weighted by Crippen LogP contribution is 2.53. The molecule has 39 heavy (non-hydrogen) atoms. The lowest BCUT2D eigenvalue weighted by molar-refractivity contribution is -0.137. The van der Waals surface area contributed by atoms with Gasteiger partial charge in [-0.05, 0) is 42.0 Å². The van der Waals surface area contributed by atoms with Gasteiger partial charge in [0.2, 0.25) is 11.8 Å². The van der Waals surface area contributed by atoms with E-state index in [4.69, 9.17) is 14.2 Å². The van der Waals surface area contributed by atoms with Gasteiger partial charge < -0.3 is 24.1 Å². The molecule has 0 bridgehead atoms. The number of carbonyl (C=O) groups excluding carboxylic acids is 3. The van der Waals surface area contributed by atoms with Crippen molar-refractivity contribution in [2.75, 3.05) is 44.9 Å². The van der Waals surface area contributed by atoms with E-state index in [2.05, 4.69) is 4.98 Å². The first kappa shape index (κ1) is 25.7. The van der Waals surface area contributed by atoms with Gasteiger partial charge in [-0.2, -0.15) is 0 Å². The summed E-state index contributed by atoms with van der Waals surface area (Å²) in [6, 6.07) is 14.0. The fourth-order valence-electron chi connectivity index (χ4n) is 5.21. The Balaban J connectivity index is 1.31. The first-order valence-corrected chi connectivity index (χ1v) is 14.1. The second-order valence-corrected chi connectivity index (χ2v) is 11.5. The van der Waals surface area contributed by atoms with Crippen LogP contribution in [0.3, 0.4) is 0 Å². The first-order chi connectivity index (χ1) is 18.9. The monoisotopic (exact) mass is 567 g/mol. The van der Waals surface area contributed by atoms with Gasteiger partial charge in [0.25, 0.3) is 5.91 Å². The van der Waals surface area contributed by atoms with E-state index in [0.717, 1.165) is 16.9 Å². The number of thiazole rings is 1. The summed E-state index contributed by atoms with van der Waals surface area (Å²) in [7, 11) is 1.55. The normalized spacial score (nSPS) is 22.4. The van der Waals surface area contributed by atoms with Crippen LogP contribution in [0.1, 0.15) is 16.4 Å². The van der Waals surface area contributed by atoms with E-state index in [1.807, 2.05) is 6.07 Å². The molecule has 3 atom stereocenters. The van der Waals surface area contributed by atoms with Gasteiger partial charge in [-0.1, -0.05) is 35.2 Å². The summed E-state index contributed by atoms with van der Waals surface area (Å²) in [4.78, 5) is 58.6. The lowest BCUT2D eigenvalue weighted by Crippen LogP contribution is -2.42. The molecule has 3 unspecified atom stereocenters. The van der Waals surface area contributed by atoms with E-state index in [9.17, 15) is 19.2 Å². The highest BCUT2D eigenvalue weighted by Gasteiger charge is 2.56. The largest absolute Gasteiger partial charge is 0.497 e. The zero-order chi connectivity index (χ0) is 27.1. The van der Waals surface area contributed by atoms with Crippen LogP contribution in [-0.4, -0.2) is 72.9 Å². The number of aromatic amines is 1. The molecule has 0 spiro atoms. The molecular weight excluding hydrogens is 542 g/mol. The van der Waals surface area contributed by atoms with Gasteiger partial charge in [0, 0.05) is 23.9 Å².